The molecule has 1 aromatic rings. The lowest BCUT2D eigenvalue weighted by Gasteiger charge is -2.28. The van der Waals surface area contributed by atoms with Crippen LogP contribution in [0.15, 0.2) is 12.1 Å². The predicted molar refractivity (Wildman–Crippen MR) is 78.1 cm³/mol. The van der Waals surface area contributed by atoms with Crippen molar-refractivity contribution in [2.24, 2.45) is 11.7 Å². The van der Waals surface area contributed by atoms with Crippen LogP contribution in [0.3, 0.4) is 0 Å². The fourth-order valence-electron chi connectivity index (χ4n) is 2.91. The molecule has 0 aliphatic heterocycles. The van der Waals surface area contributed by atoms with Gasteiger partial charge in [-0.2, -0.15) is 0 Å². The molecule has 2 rings (SSSR count). The number of benzene rings is 1. The zero-order valence-electron chi connectivity index (χ0n) is 11.6. The van der Waals surface area contributed by atoms with Crippen LogP contribution in [0.25, 0.3) is 0 Å². The van der Waals surface area contributed by atoms with Crippen molar-refractivity contribution in [3.8, 4) is 11.5 Å². The van der Waals surface area contributed by atoms with Crippen LogP contribution in [0.1, 0.15) is 43.7 Å². The van der Waals surface area contributed by atoms with Gasteiger partial charge in [0.15, 0.2) is 11.5 Å². The third-order valence-electron chi connectivity index (χ3n) is 4.03. The molecule has 106 valence electrons. The van der Waals surface area contributed by atoms with Gasteiger partial charge in [0.1, 0.15) is 0 Å². The molecule has 1 saturated carbocycles. The molecule has 19 heavy (non-hydrogen) atoms. The number of hydrogen-bond acceptors (Lipinski definition) is 3. The van der Waals surface area contributed by atoms with Crippen LogP contribution in [0.5, 0.6) is 11.5 Å². The van der Waals surface area contributed by atoms with Crippen molar-refractivity contribution in [3.05, 3.63) is 22.7 Å². The number of hydrogen-bond donors (Lipinski definition) is 1. The zero-order valence-corrected chi connectivity index (χ0v) is 12.4. The standard InChI is InChI=1S/C15H22ClNO2/c1-18-12-9-8-11(13(16)15(12)19-2)14(17)10-6-4-3-5-7-10/h8-10,14H,3-7,17H2,1-2H3/t14-/m1/s1. The summed E-state index contributed by atoms with van der Waals surface area (Å²) in [5, 5.41) is 0.583. The molecule has 1 aliphatic rings. The van der Waals surface area contributed by atoms with Gasteiger partial charge < -0.3 is 15.2 Å². The number of rotatable bonds is 4. The summed E-state index contributed by atoms with van der Waals surface area (Å²) in [5.41, 5.74) is 7.37. The highest BCUT2D eigenvalue weighted by atomic mass is 35.5. The average Bonchev–Trinajstić information content (AvgIpc) is 2.47. The van der Waals surface area contributed by atoms with E-state index in [4.69, 9.17) is 26.8 Å². The lowest BCUT2D eigenvalue weighted by molar-refractivity contribution is 0.306. The Kier molecular flexibility index (Phi) is 4.94. The molecule has 1 aromatic carbocycles. The maximum Gasteiger partial charge on any atom is 0.179 e. The minimum atomic E-state index is -0.0207. The molecule has 0 bridgehead atoms. The second kappa shape index (κ2) is 6.49. The smallest absolute Gasteiger partial charge is 0.179 e. The largest absolute Gasteiger partial charge is 0.493 e. The van der Waals surface area contributed by atoms with Crippen molar-refractivity contribution in [3.63, 3.8) is 0 Å². The Bertz CT molecular complexity index is 430. The Morgan fingerprint density at radius 2 is 1.84 bits per heavy atom. The lowest BCUT2D eigenvalue weighted by atomic mass is 9.81. The van der Waals surface area contributed by atoms with Crippen molar-refractivity contribution in [2.45, 2.75) is 38.1 Å². The predicted octanol–water partition coefficient (Wildman–Crippen LogP) is 3.94. The molecule has 1 atom stereocenters. The van der Waals surface area contributed by atoms with Gasteiger partial charge in [0.05, 0.1) is 19.2 Å². The van der Waals surface area contributed by atoms with Gasteiger partial charge in [-0.1, -0.05) is 36.9 Å². The zero-order chi connectivity index (χ0) is 13.8. The van der Waals surface area contributed by atoms with Crippen LogP contribution in [0.4, 0.5) is 0 Å². The van der Waals surface area contributed by atoms with E-state index in [9.17, 15) is 0 Å². The number of halogens is 1. The highest BCUT2D eigenvalue weighted by Crippen LogP contribution is 2.42. The average molecular weight is 284 g/mol. The Morgan fingerprint density at radius 1 is 1.16 bits per heavy atom. The van der Waals surface area contributed by atoms with Gasteiger partial charge in [0, 0.05) is 6.04 Å². The molecule has 0 aromatic heterocycles. The van der Waals surface area contributed by atoms with Crippen LogP contribution in [-0.4, -0.2) is 14.2 Å². The third-order valence-corrected chi connectivity index (χ3v) is 4.42. The highest BCUT2D eigenvalue weighted by Gasteiger charge is 2.25. The van der Waals surface area contributed by atoms with E-state index in [0.717, 1.165) is 5.56 Å². The Balaban J connectivity index is 2.28. The van der Waals surface area contributed by atoms with Gasteiger partial charge in [0.25, 0.3) is 0 Å². The van der Waals surface area contributed by atoms with Crippen LogP contribution >= 0.6 is 11.6 Å². The minimum Gasteiger partial charge on any atom is -0.493 e. The monoisotopic (exact) mass is 283 g/mol. The van der Waals surface area contributed by atoms with E-state index < -0.39 is 0 Å². The van der Waals surface area contributed by atoms with Crippen molar-refractivity contribution < 1.29 is 9.47 Å². The third kappa shape index (κ3) is 2.98. The molecule has 0 unspecified atom stereocenters. The van der Waals surface area contributed by atoms with E-state index in [-0.39, 0.29) is 6.04 Å². The first-order valence-electron chi connectivity index (χ1n) is 6.85. The summed E-state index contributed by atoms with van der Waals surface area (Å²) in [6, 6.07) is 3.82. The van der Waals surface area contributed by atoms with Gasteiger partial charge in [0.2, 0.25) is 0 Å². The molecule has 1 fully saturated rings. The van der Waals surface area contributed by atoms with Crippen LogP contribution in [0.2, 0.25) is 5.02 Å². The second-order valence-corrected chi connectivity index (χ2v) is 5.51. The molecular formula is C15H22ClNO2. The Labute approximate surface area is 120 Å². The summed E-state index contributed by atoms with van der Waals surface area (Å²) in [4.78, 5) is 0. The normalized spacial score (nSPS) is 18.1. The van der Waals surface area contributed by atoms with Gasteiger partial charge in [-0.15, -0.1) is 0 Å². The number of nitrogens with two attached hydrogens (primary N) is 1. The second-order valence-electron chi connectivity index (χ2n) is 5.13. The summed E-state index contributed by atoms with van der Waals surface area (Å²) in [7, 11) is 3.20. The van der Waals surface area contributed by atoms with E-state index in [1.54, 1.807) is 14.2 Å². The van der Waals surface area contributed by atoms with E-state index in [1.165, 1.54) is 32.1 Å². The topological polar surface area (TPSA) is 44.5 Å². The van der Waals surface area contributed by atoms with Crippen molar-refractivity contribution in [1.82, 2.24) is 0 Å². The quantitative estimate of drug-likeness (QED) is 0.910. The molecule has 1 aliphatic carbocycles. The molecule has 0 spiro atoms. The maximum atomic E-state index is 6.42. The van der Waals surface area contributed by atoms with E-state index in [0.29, 0.717) is 22.4 Å². The van der Waals surface area contributed by atoms with Crippen molar-refractivity contribution in [2.75, 3.05) is 14.2 Å². The molecule has 0 heterocycles. The maximum absolute atomic E-state index is 6.42. The lowest BCUT2D eigenvalue weighted by Crippen LogP contribution is -2.24. The first kappa shape index (κ1) is 14.5. The molecule has 3 nitrogen and oxygen atoms in total. The fraction of sp³-hybridized carbons (Fsp3) is 0.600. The molecule has 0 amide bonds. The van der Waals surface area contributed by atoms with Gasteiger partial charge in [-0.05, 0) is 30.4 Å². The number of ether oxygens (including phenoxy) is 2. The summed E-state index contributed by atoms with van der Waals surface area (Å²) in [6.07, 6.45) is 6.23. The van der Waals surface area contributed by atoms with E-state index >= 15 is 0 Å². The van der Waals surface area contributed by atoms with Gasteiger partial charge in [-0.25, -0.2) is 0 Å². The molecule has 2 N–H and O–H groups in total. The van der Waals surface area contributed by atoms with Crippen molar-refractivity contribution in [1.29, 1.82) is 0 Å². The van der Waals surface area contributed by atoms with Crippen LogP contribution < -0.4 is 15.2 Å². The van der Waals surface area contributed by atoms with E-state index in [2.05, 4.69) is 0 Å². The summed E-state index contributed by atoms with van der Waals surface area (Å²) in [5.74, 6) is 1.74. The first-order valence-corrected chi connectivity index (χ1v) is 7.22. The Morgan fingerprint density at radius 3 is 2.42 bits per heavy atom. The highest BCUT2D eigenvalue weighted by molar-refractivity contribution is 6.33. The van der Waals surface area contributed by atoms with Crippen LogP contribution in [-0.2, 0) is 0 Å². The summed E-state index contributed by atoms with van der Waals surface area (Å²) < 4.78 is 10.6. The number of methoxy groups -OCH3 is 2. The molecule has 0 saturated heterocycles. The molecule has 4 heteroatoms. The first-order chi connectivity index (χ1) is 9.19. The minimum absolute atomic E-state index is 0.0207. The fourth-order valence-corrected chi connectivity index (χ4v) is 3.27. The van der Waals surface area contributed by atoms with Crippen LogP contribution in [0, 0.1) is 5.92 Å². The molecule has 0 radical (unpaired) electrons. The van der Waals surface area contributed by atoms with Crippen molar-refractivity contribution >= 4 is 11.6 Å². The SMILES string of the molecule is COc1ccc([C@H](N)C2CCCCC2)c(Cl)c1OC. The Hall–Kier alpha value is -0.930. The van der Waals surface area contributed by atoms with Gasteiger partial charge >= 0.3 is 0 Å². The summed E-state index contributed by atoms with van der Waals surface area (Å²) in [6.45, 7) is 0. The van der Waals surface area contributed by atoms with E-state index in [1.807, 2.05) is 12.1 Å². The molecular weight excluding hydrogens is 262 g/mol. The van der Waals surface area contributed by atoms with Gasteiger partial charge in [-0.3, -0.25) is 0 Å². The summed E-state index contributed by atoms with van der Waals surface area (Å²) >= 11 is 6.42.